The smallest absolute Gasteiger partial charge is 0.255 e. The Morgan fingerprint density at radius 2 is 1.74 bits per heavy atom. The van der Waals surface area contributed by atoms with Crippen molar-refractivity contribution in [1.82, 2.24) is 5.32 Å². The van der Waals surface area contributed by atoms with Crippen LogP contribution in [-0.4, -0.2) is 25.8 Å². The summed E-state index contributed by atoms with van der Waals surface area (Å²) < 4.78 is 17.2. The second-order valence-corrected chi connectivity index (χ2v) is 5.01. The van der Waals surface area contributed by atoms with Crippen LogP contribution in [0.1, 0.15) is 36.7 Å². The molecule has 2 rings (SSSR count). The SMILES string of the molecule is CC.CCc1ccc(F)cc1.COc1c(C(=O)NCC=O)ccc(N)c1N. The largest absolute Gasteiger partial charge is 0.494 e. The minimum atomic E-state index is -0.435. The fraction of sp³-hybridized carbons (Fsp3) is 0.300. The molecule has 0 atom stereocenters. The zero-order chi connectivity index (χ0) is 20.8. The molecule has 6 nitrogen and oxygen atoms in total. The second-order valence-electron chi connectivity index (χ2n) is 5.01. The van der Waals surface area contributed by atoms with E-state index in [0.29, 0.717) is 12.0 Å². The highest BCUT2D eigenvalue weighted by Gasteiger charge is 2.15. The highest BCUT2D eigenvalue weighted by atomic mass is 19.1. The standard InChI is InChI=1S/C10H13N3O3.C8H9F.C2H6/c1-16-9-6(10(15)13-4-5-14)2-3-7(11)8(9)12;1-2-7-3-5-8(9)6-4-7;1-2/h2-3,5H,4,11-12H2,1H3,(H,13,15);3-6H,2H2,1H3;1-2H3. The number of nitrogen functional groups attached to an aromatic ring is 2. The molecular weight excluding hydrogens is 349 g/mol. The number of ether oxygens (including phenoxy) is 1. The van der Waals surface area contributed by atoms with Gasteiger partial charge in [-0.25, -0.2) is 4.39 Å². The Labute approximate surface area is 159 Å². The van der Waals surface area contributed by atoms with Gasteiger partial charge in [-0.3, -0.25) is 4.79 Å². The highest BCUT2D eigenvalue weighted by Crippen LogP contribution is 2.31. The van der Waals surface area contributed by atoms with Crippen molar-refractivity contribution in [3.63, 3.8) is 0 Å². The van der Waals surface area contributed by atoms with Gasteiger partial charge in [0.05, 0.1) is 30.6 Å². The van der Waals surface area contributed by atoms with Gasteiger partial charge in [-0.15, -0.1) is 0 Å². The van der Waals surface area contributed by atoms with Crippen LogP contribution >= 0.6 is 0 Å². The summed E-state index contributed by atoms with van der Waals surface area (Å²) in [6, 6.07) is 9.57. The molecular formula is C20H28FN3O3. The van der Waals surface area contributed by atoms with Crippen LogP contribution in [0.2, 0.25) is 0 Å². The first-order chi connectivity index (χ1) is 12.9. The average Bonchev–Trinajstić information content (AvgIpc) is 2.70. The van der Waals surface area contributed by atoms with Crippen LogP contribution in [0.15, 0.2) is 36.4 Å². The van der Waals surface area contributed by atoms with E-state index in [1.165, 1.54) is 36.9 Å². The van der Waals surface area contributed by atoms with E-state index in [-0.39, 0.29) is 29.4 Å². The van der Waals surface area contributed by atoms with Crippen molar-refractivity contribution in [2.45, 2.75) is 27.2 Å². The first-order valence-corrected chi connectivity index (χ1v) is 8.62. The molecule has 1 amide bonds. The summed E-state index contributed by atoms with van der Waals surface area (Å²) in [4.78, 5) is 21.7. The monoisotopic (exact) mass is 377 g/mol. The first kappa shape index (κ1) is 23.9. The van der Waals surface area contributed by atoms with Crippen LogP contribution in [0.4, 0.5) is 15.8 Å². The number of hydrogen-bond acceptors (Lipinski definition) is 5. The van der Waals surface area contributed by atoms with Crippen LogP contribution in [0.5, 0.6) is 5.75 Å². The van der Waals surface area contributed by atoms with Gasteiger partial charge in [0.2, 0.25) is 0 Å². The highest BCUT2D eigenvalue weighted by molar-refractivity contribution is 6.00. The molecule has 0 aromatic heterocycles. The molecule has 0 spiro atoms. The normalized spacial score (nSPS) is 9.07. The van der Waals surface area contributed by atoms with Crippen LogP contribution in [0, 0.1) is 5.82 Å². The lowest BCUT2D eigenvalue weighted by molar-refractivity contribution is -0.107. The van der Waals surface area contributed by atoms with Gasteiger partial charge in [0.15, 0.2) is 5.75 Å². The van der Waals surface area contributed by atoms with E-state index in [4.69, 9.17) is 16.2 Å². The molecule has 2 aromatic carbocycles. The number of anilines is 2. The maximum Gasteiger partial charge on any atom is 0.255 e. The third kappa shape index (κ3) is 7.77. The van der Waals surface area contributed by atoms with E-state index in [9.17, 15) is 14.0 Å². The lowest BCUT2D eigenvalue weighted by Gasteiger charge is -2.12. The summed E-state index contributed by atoms with van der Waals surface area (Å²) in [5, 5.41) is 2.39. The molecule has 7 heteroatoms. The van der Waals surface area contributed by atoms with Crippen molar-refractivity contribution in [3.05, 3.63) is 53.3 Å². The molecule has 0 saturated heterocycles. The number of carbonyl (C=O) groups excluding carboxylic acids is 2. The predicted octanol–water partition coefficient (Wildman–Crippen LogP) is 3.20. The number of benzene rings is 2. The molecule has 27 heavy (non-hydrogen) atoms. The van der Waals surface area contributed by atoms with Gasteiger partial charge in [0.25, 0.3) is 5.91 Å². The van der Waals surface area contributed by atoms with Crippen molar-refractivity contribution in [2.75, 3.05) is 25.1 Å². The van der Waals surface area contributed by atoms with Crippen LogP contribution < -0.4 is 21.5 Å². The number of aryl methyl sites for hydroxylation is 1. The number of rotatable bonds is 5. The lowest BCUT2D eigenvalue weighted by atomic mass is 10.1. The van der Waals surface area contributed by atoms with Gasteiger partial charge >= 0.3 is 0 Å². The second kappa shape index (κ2) is 13.2. The Balaban J connectivity index is 0.000000519. The molecule has 2 aromatic rings. The van der Waals surface area contributed by atoms with E-state index in [2.05, 4.69) is 5.32 Å². The van der Waals surface area contributed by atoms with E-state index < -0.39 is 5.91 Å². The number of nitrogens with one attached hydrogen (secondary N) is 1. The van der Waals surface area contributed by atoms with Gasteiger partial charge in [-0.1, -0.05) is 32.9 Å². The van der Waals surface area contributed by atoms with Crippen molar-refractivity contribution in [3.8, 4) is 5.75 Å². The molecule has 0 aliphatic heterocycles. The summed E-state index contributed by atoms with van der Waals surface area (Å²) >= 11 is 0. The molecule has 0 saturated carbocycles. The minimum Gasteiger partial charge on any atom is -0.494 e. The number of amides is 1. The molecule has 0 radical (unpaired) electrons. The average molecular weight is 377 g/mol. The fourth-order valence-corrected chi connectivity index (χ4v) is 1.96. The van der Waals surface area contributed by atoms with Crippen molar-refractivity contribution >= 4 is 23.6 Å². The molecule has 0 heterocycles. The number of hydrogen-bond donors (Lipinski definition) is 3. The third-order valence-corrected chi connectivity index (χ3v) is 3.35. The Hall–Kier alpha value is -3.09. The number of methoxy groups -OCH3 is 1. The van der Waals surface area contributed by atoms with Gasteiger partial charge in [0, 0.05) is 0 Å². The van der Waals surface area contributed by atoms with Crippen molar-refractivity contribution in [2.24, 2.45) is 0 Å². The van der Waals surface area contributed by atoms with Crippen molar-refractivity contribution < 1.29 is 18.7 Å². The Morgan fingerprint density at radius 3 is 2.22 bits per heavy atom. The minimum absolute atomic E-state index is 0.0632. The zero-order valence-corrected chi connectivity index (χ0v) is 16.2. The molecule has 0 fully saturated rings. The Kier molecular flexibility index (Phi) is 11.7. The maximum atomic E-state index is 12.2. The first-order valence-electron chi connectivity index (χ1n) is 8.62. The number of nitrogens with two attached hydrogens (primary N) is 2. The number of aldehydes is 1. The number of halogens is 1. The molecule has 0 aliphatic carbocycles. The summed E-state index contributed by atoms with van der Waals surface area (Å²) in [5.74, 6) is -0.383. The summed E-state index contributed by atoms with van der Waals surface area (Å²) in [5.41, 5.74) is 13.2. The van der Waals surface area contributed by atoms with E-state index in [1.807, 2.05) is 20.8 Å². The third-order valence-electron chi connectivity index (χ3n) is 3.35. The van der Waals surface area contributed by atoms with Crippen LogP contribution in [-0.2, 0) is 11.2 Å². The lowest BCUT2D eigenvalue weighted by Crippen LogP contribution is -2.25. The zero-order valence-electron chi connectivity index (χ0n) is 16.2. The molecule has 0 unspecified atom stereocenters. The van der Waals surface area contributed by atoms with Crippen LogP contribution in [0.3, 0.4) is 0 Å². The van der Waals surface area contributed by atoms with Gasteiger partial charge < -0.3 is 26.3 Å². The van der Waals surface area contributed by atoms with Gasteiger partial charge in [0.1, 0.15) is 12.1 Å². The maximum absolute atomic E-state index is 12.2. The molecule has 0 bridgehead atoms. The van der Waals surface area contributed by atoms with E-state index in [1.54, 1.807) is 12.1 Å². The van der Waals surface area contributed by atoms with Crippen LogP contribution in [0.25, 0.3) is 0 Å². The van der Waals surface area contributed by atoms with E-state index in [0.717, 1.165) is 6.42 Å². The molecule has 0 aliphatic rings. The summed E-state index contributed by atoms with van der Waals surface area (Å²) in [7, 11) is 1.39. The summed E-state index contributed by atoms with van der Waals surface area (Å²) in [6.45, 7) is 5.99. The molecule has 148 valence electrons. The van der Waals surface area contributed by atoms with Gasteiger partial charge in [-0.05, 0) is 36.2 Å². The Morgan fingerprint density at radius 1 is 1.15 bits per heavy atom. The predicted molar refractivity (Wildman–Crippen MR) is 107 cm³/mol. The molecule has 5 N–H and O–H groups in total. The fourth-order valence-electron chi connectivity index (χ4n) is 1.96. The Bertz CT molecular complexity index is 719. The van der Waals surface area contributed by atoms with Crippen molar-refractivity contribution in [1.29, 1.82) is 0 Å². The number of carbonyl (C=O) groups is 2. The van der Waals surface area contributed by atoms with Gasteiger partial charge in [-0.2, -0.15) is 0 Å². The van der Waals surface area contributed by atoms with E-state index >= 15 is 0 Å². The topological polar surface area (TPSA) is 107 Å². The summed E-state index contributed by atoms with van der Waals surface area (Å²) in [6.07, 6.45) is 1.56. The quantitative estimate of drug-likeness (QED) is 0.548.